The van der Waals surface area contributed by atoms with Gasteiger partial charge in [0.25, 0.3) is 5.91 Å². The molecule has 2 N–H and O–H groups in total. The molecular formula is C17H18N2O3. The number of hydrogen-bond acceptors (Lipinski definition) is 3. The molecule has 0 saturated heterocycles. The molecule has 22 heavy (non-hydrogen) atoms. The second-order valence-corrected chi connectivity index (χ2v) is 5.06. The third kappa shape index (κ3) is 4.17. The van der Waals surface area contributed by atoms with Gasteiger partial charge in [0.1, 0.15) is 0 Å². The first kappa shape index (κ1) is 15.7. The lowest BCUT2D eigenvalue weighted by molar-refractivity contribution is -0.128. The van der Waals surface area contributed by atoms with Crippen molar-refractivity contribution >= 4 is 11.8 Å². The average Bonchev–Trinajstić information content (AvgIpc) is 2.55. The van der Waals surface area contributed by atoms with E-state index in [9.17, 15) is 9.59 Å². The van der Waals surface area contributed by atoms with Crippen LogP contribution < -0.4 is 5.48 Å². The number of benzene rings is 2. The topological polar surface area (TPSA) is 69.6 Å². The highest BCUT2D eigenvalue weighted by molar-refractivity contribution is 5.94. The van der Waals surface area contributed by atoms with Gasteiger partial charge in [0.15, 0.2) is 0 Å². The Kier molecular flexibility index (Phi) is 5.27. The van der Waals surface area contributed by atoms with Crippen LogP contribution in [0.2, 0.25) is 0 Å². The second-order valence-electron chi connectivity index (χ2n) is 5.06. The molecule has 114 valence electrons. The predicted octanol–water partition coefficient (Wildman–Crippen LogP) is 2.01. The highest BCUT2D eigenvalue weighted by Crippen LogP contribution is 2.10. The molecule has 0 heterocycles. The first-order valence-corrected chi connectivity index (χ1v) is 6.91. The fourth-order valence-corrected chi connectivity index (χ4v) is 2.14. The summed E-state index contributed by atoms with van der Waals surface area (Å²) in [5.74, 6) is -0.567. The van der Waals surface area contributed by atoms with Gasteiger partial charge < -0.3 is 4.90 Å². The molecule has 0 spiro atoms. The molecule has 0 fully saturated rings. The fraction of sp³-hybridized carbons (Fsp3) is 0.176. The normalized spacial score (nSPS) is 10.1. The minimum Gasteiger partial charge on any atom is -0.337 e. The molecule has 0 aliphatic carbocycles. The number of hydrogen-bond donors (Lipinski definition) is 2. The minimum atomic E-state index is -0.486. The van der Waals surface area contributed by atoms with Crippen LogP contribution in [0.25, 0.3) is 0 Å². The summed E-state index contributed by atoms with van der Waals surface area (Å²) >= 11 is 0. The molecule has 5 heteroatoms. The Labute approximate surface area is 129 Å². The van der Waals surface area contributed by atoms with Gasteiger partial charge in [0.2, 0.25) is 5.91 Å². The molecule has 0 unspecified atom stereocenters. The molecule has 0 bridgehead atoms. The van der Waals surface area contributed by atoms with Gasteiger partial charge in [-0.05, 0) is 23.3 Å². The van der Waals surface area contributed by atoms with Gasteiger partial charge >= 0.3 is 0 Å². The van der Waals surface area contributed by atoms with Crippen LogP contribution in [0.5, 0.6) is 0 Å². The maximum atomic E-state index is 12.3. The lowest BCUT2D eigenvalue weighted by Gasteiger charge is -2.17. The van der Waals surface area contributed by atoms with Gasteiger partial charge in [-0.15, -0.1) is 0 Å². The number of amides is 2. The number of hydroxylamine groups is 1. The summed E-state index contributed by atoms with van der Waals surface area (Å²) in [5.41, 5.74) is 3.94. The summed E-state index contributed by atoms with van der Waals surface area (Å²) < 4.78 is 0. The van der Waals surface area contributed by atoms with E-state index in [-0.39, 0.29) is 12.3 Å². The fourth-order valence-electron chi connectivity index (χ4n) is 2.14. The Morgan fingerprint density at radius 1 is 1.00 bits per heavy atom. The lowest BCUT2D eigenvalue weighted by atomic mass is 10.1. The average molecular weight is 298 g/mol. The molecule has 2 rings (SSSR count). The molecule has 0 saturated carbocycles. The van der Waals surface area contributed by atoms with E-state index >= 15 is 0 Å². The zero-order valence-corrected chi connectivity index (χ0v) is 12.3. The van der Waals surface area contributed by atoms with Crippen LogP contribution in [0.3, 0.4) is 0 Å². The molecule has 2 amide bonds. The van der Waals surface area contributed by atoms with Crippen molar-refractivity contribution in [2.75, 3.05) is 7.05 Å². The van der Waals surface area contributed by atoms with Crippen LogP contribution in [-0.4, -0.2) is 29.0 Å². The number of rotatable bonds is 5. The van der Waals surface area contributed by atoms with Crippen LogP contribution in [0, 0.1) is 0 Å². The van der Waals surface area contributed by atoms with Crippen molar-refractivity contribution in [3.05, 3.63) is 71.3 Å². The first-order valence-electron chi connectivity index (χ1n) is 6.91. The second kappa shape index (κ2) is 7.38. The van der Waals surface area contributed by atoms with Crippen molar-refractivity contribution in [3.63, 3.8) is 0 Å². The summed E-state index contributed by atoms with van der Waals surface area (Å²) in [7, 11) is 1.75. The Morgan fingerprint density at radius 3 is 2.23 bits per heavy atom. The zero-order valence-electron chi connectivity index (χ0n) is 12.3. The molecule has 0 aliphatic heterocycles. The number of nitrogens with zero attached hydrogens (tertiary/aromatic N) is 1. The summed E-state index contributed by atoms with van der Waals surface area (Å²) in [5, 5.41) is 8.49. The van der Waals surface area contributed by atoms with Crippen LogP contribution in [0.1, 0.15) is 21.5 Å². The minimum absolute atomic E-state index is 0.0742. The van der Waals surface area contributed by atoms with Gasteiger partial charge in [-0.3, -0.25) is 14.8 Å². The van der Waals surface area contributed by atoms with Crippen LogP contribution >= 0.6 is 0 Å². The number of carbonyl (C=O) groups excluding carboxylic acids is 2. The first-order chi connectivity index (χ1) is 10.6. The molecule has 0 radical (unpaired) electrons. The Bertz CT molecular complexity index is 639. The van der Waals surface area contributed by atoms with Gasteiger partial charge in [-0.1, -0.05) is 42.5 Å². The zero-order chi connectivity index (χ0) is 15.9. The van der Waals surface area contributed by atoms with E-state index in [0.29, 0.717) is 12.1 Å². The van der Waals surface area contributed by atoms with Crippen LogP contribution in [0.15, 0.2) is 54.6 Å². The maximum Gasteiger partial charge on any atom is 0.253 e. The Balaban J connectivity index is 2.01. The van der Waals surface area contributed by atoms with Gasteiger partial charge in [0.05, 0.1) is 6.42 Å². The van der Waals surface area contributed by atoms with Crippen LogP contribution in [0.4, 0.5) is 0 Å². The number of nitrogens with one attached hydrogen (secondary N) is 1. The van der Waals surface area contributed by atoms with E-state index in [2.05, 4.69) is 0 Å². The van der Waals surface area contributed by atoms with Gasteiger partial charge in [-0.2, -0.15) is 0 Å². The maximum absolute atomic E-state index is 12.3. The van der Waals surface area contributed by atoms with Crippen molar-refractivity contribution in [1.82, 2.24) is 10.4 Å². The smallest absolute Gasteiger partial charge is 0.253 e. The lowest BCUT2D eigenvalue weighted by Crippen LogP contribution is -2.26. The van der Waals surface area contributed by atoms with E-state index in [1.807, 2.05) is 30.3 Å². The molecule has 0 atom stereocenters. The van der Waals surface area contributed by atoms with Gasteiger partial charge in [-0.25, -0.2) is 5.48 Å². The summed E-state index contributed by atoms with van der Waals surface area (Å²) in [4.78, 5) is 25.1. The van der Waals surface area contributed by atoms with Crippen molar-refractivity contribution in [1.29, 1.82) is 0 Å². The summed E-state index contributed by atoms with van der Waals surface area (Å²) in [6.45, 7) is 0.536. The van der Waals surface area contributed by atoms with Gasteiger partial charge in [0, 0.05) is 19.2 Å². The summed E-state index contributed by atoms with van der Waals surface area (Å²) in [6.07, 6.45) is 0.0742. The number of carbonyl (C=O) groups is 2. The van der Waals surface area contributed by atoms with E-state index in [1.54, 1.807) is 41.7 Å². The van der Waals surface area contributed by atoms with Crippen molar-refractivity contribution in [3.8, 4) is 0 Å². The van der Waals surface area contributed by atoms with E-state index in [0.717, 1.165) is 11.1 Å². The predicted molar refractivity (Wildman–Crippen MR) is 82.3 cm³/mol. The molecule has 2 aromatic rings. The van der Waals surface area contributed by atoms with Crippen molar-refractivity contribution in [2.45, 2.75) is 13.0 Å². The van der Waals surface area contributed by atoms with Crippen molar-refractivity contribution < 1.29 is 14.8 Å². The highest BCUT2D eigenvalue weighted by atomic mass is 16.5. The third-order valence-electron chi connectivity index (χ3n) is 3.30. The van der Waals surface area contributed by atoms with Crippen LogP contribution in [-0.2, 0) is 17.8 Å². The Morgan fingerprint density at radius 2 is 1.64 bits per heavy atom. The third-order valence-corrected chi connectivity index (χ3v) is 3.30. The molecule has 2 aromatic carbocycles. The molecule has 5 nitrogen and oxygen atoms in total. The summed E-state index contributed by atoms with van der Waals surface area (Å²) in [6, 6.07) is 16.5. The molecule has 0 aromatic heterocycles. The van der Waals surface area contributed by atoms with Crippen molar-refractivity contribution in [2.24, 2.45) is 0 Å². The SMILES string of the molecule is CN(Cc1ccccc1)C(=O)c1ccc(CC(=O)NO)cc1. The quantitative estimate of drug-likeness (QED) is 0.655. The standard InChI is InChI=1S/C17H18N2O3/c1-19(12-14-5-3-2-4-6-14)17(21)15-9-7-13(8-10-15)11-16(20)18-22/h2-10,22H,11-12H2,1H3,(H,18,20). The van der Waals surface area contributed by atoms with E-state index in [4.69, 9.17) is 5.21 Å². The van der Waals surface area contributed by atoms with E-state index < -0.39 is 5.91 Å². The molecule has 0 aliphatic rings. The monoisotopic (exact) mass is 298 g/mol. The largest absolute Gasteiger partial charge is 0.337 e. The van der Waals surface area contributed by atoms with E-state index in [1.165, 1.54) is 0 Å². The Hall–Kier alpha value is -2.66. The molecular weight excluding hydrogens is 280 g/mol. The highest BCUT2D eigenvalue weighted by Gasteiger charge is 2.12.